The summed E-state index contributed by atoms with van der Waals surface area (Å²) < 4.78 is 5.03. The highest BCUT2D eigenvalue weighted by molar-refractivity contribution is 5.17. The lowest BCUT2D eigenvalue weighted by molar-refractivity contribution is 0.201. The molecule has 0 spiro atoms. The molecule has 1 aliphatic rings. The number of ether oxygens (including phenoxy) is 1. The van der Waals surface area contributed by atoms with Crippen LogP contribution in [0.2, 0.25) is 0 Å². The Labute approximate surface area is 96.4 Å². The van der Waals surface area contributed by atoms with Crippen molar-refractivity contribution in [3.63, 3.8) is 0 Å². The van der Waals surface area contributed by atoms with Crippen molar-refractivity contribution in [1.29, 1.82) is 0 Å². The fraction of sp³-hybridized carbons (Fsp3) is 0.583. The number of aromatic nitrogens is 1. The zero-order chi connectivity index (χ0) is 11.4. The minimum Gasteiger partial charge on any atom is -0.481 e. The maximum absolute atomic E-state index is 5.95. The molecule has 1 aliphatic heterocycles. The minimum atomic E-state index is 0.333. The number of nitrogens with two attached hydrogens (primary N) is 1. The number of pyridine rings is 1. The first-order valence-electron chi connectivity index (χ1n) is 5.75. The number of rotatable bonds is 3. The second-order valence-electron chi connectivity index (χ2n) is 4.35. The summed E-state index contributed by atoms with van der Waals surface area (Å²) in [6.45, 7) is 3.07. The van der Waals surface area contributed by atoms with Crippen LogP contribution < -0.4 is 10.5 Å². The fourth-order valence-corrected chi connectivity index (χ4v) is 2.12. The normalized spacial score (nSPS) is 22.0. The van der Waals surface area contributed by atoms with Crippen LogP contribution in [0.5, 0.6) is 5.88 Å². The Hall–Kier alpha value is -1.13. The van der Waals surface area contributed by atoms with Gasteiger partial charge in [0.1, 0.15) is 0 Å². The summed E-state index contributed by atoms with van der Waals surface area (Å²) in [5.74, 6) is 0.666. The SMILES string of the molecule is COc1ccc(CN2CCCC(N)C2)cn1. The van der Waals surface area contributed by atoms with Crippen molar-refractivity contribution < 1.29 is 4.74 Å². The van der Waals surface area contributed by atoms with Crippen molar-refractivity contribution in [2.24, 2.45) is 5.73 Å². The molecule has 1 saturated heterocycles. The van der Waals surface area contributed by atoms with E-state index in [2.05, 4.69) is 16.0 Å². The van der Waals surface area contributed by atoms with Gasteiger partial charge >= 0.3 is 0 Å². The van der Waals surface area contributed by atoms with Gasteiger partial charge in [-0.25, -0.2) is 4.98 Å². The molecule has 16 heavy (non-hydrogen) atoms. The number of hydrogen-bond donors (Lipinski definition) is 1. The van der Waals surface area contributed by atoms with Crippen LogP contribution in [-0.2, 0) is 6.54 Å². The summed E-state index contributed by atoms with van der Waals surface area (Å²) in [4.78, 5) is 6.59. The number of methoxy groups -OCH3 is 1. The van der Waals surface area contributed by atoms with Gasteiger partial charge in [0.15, 0.2) is 0 Å². The highest BCUT2D eigenvalue weighted by Gasteiger charge is 2.16. The topological polar surface area (TPSA) is 51.4 Å². The van der Waals surface area contributed by atoms with Crippen LogP contribution in [-0.4, -0.2) is 36.1 Å². The molecule has 0 amide bonds. The van der Waals surface area contributed by atoms with E-state index in [1.54, 1.807) is 7.11 Å². The maximum atomic E-state index is 5.95. The molecule has 0 aromatic carbocycles. The van der Waals surface area contributed by atoms with Crippen molar-refractivity contribution in [1.82, 2.24) is 9.88 Å². The van der Waals surface area contributed by atoms with E-state index in [-0.39, 0.29) is 0 Å². The van der Waals surface area contributed by atoms with Crippen LogP contribution in [0.4, 0.5) is 0 Å². The predicted octanol–water partition coefficient (Wildman–Crippen LogP) is 1.01. The molecule has 4 nitrogen and oxygen atoms in total. The summed E-state index contributed by atoms with van der Waals surface area (Å²) in [7, 11) is 1.63. The average Bonchev–Trinajstić information content (AvgIpc) is 2.30. The summed E-state index contributed by atoms with van der Waals surface area (Å²) in [6.07, 6.45) is 4.22. The molecular formula is C12H19N3O. The molecule has 0 saturated carbocycles. The summed E-state index contributed by atoms with van der Waals surface area (Å²) in [6, 6.07) is 4.30. The van der Waals surface area contributed by atoms with E-state index >= 15 is 0 Å². The van der Waals surface area contributed by atoms with Crippen molar-refractivity contribution in [3.8, 4) is 5.88 Å². The van der Waals surface area contributed by atoms with Gasteiger partial charge in [-0.2, -0.15) is 0 Å². The van der Waals surface area contributed by atoms with E-state index in [1.807, 2.05) is 12.3 Å². The van der Waals surface area contributed by atoms with Gasteiger partial charge in [-0.1, -0.05) is 6.07 Å². The summed E-state index contributed by atoms with van der Waals surface area (Å²) in [5.41, 5.74) is 7.16. The third-order valence-electron chi connectivity index (χ3n) is 2.95. The van der Waals surface area contributed by atoms with E-state index in [4.69, 9.17) is 10.5 Å². The lowest BCUT2D eigenvalue weighted by Crippen LogP contribution is -2.42. The van der Waals surface area contributed by atoms with Crippen molar-refractivity contribution in [3.05, 3.63) is 23.9 Å². The molecule has 1 aromatic heterocycles. The third kappa shape index (κ3) is 2.93. The highest BCUT2D eigenvalue weighted by Crippen LogP contribution is 2.13. The molecule has 0 bridgehead atoms. The average molecular weight is 221 g/mol. The second-order valence-corrected chi connectivity index (χ2v) is 4.35. The third-order valence-corrected chi connectivity index (χ3v) is 2.95. The molecule has 0 aliphatic carbocycles. The summed E-state index contributed by atoms with van der Waals surface area (Å²) >= 11 is 0. The van der Waals surface area contributed by atoms with Crippen LogP contribution in [0.15, 0.2) is 18.3 Å². The molecular weight excluding hydrogens is 202 g/mol. The zero-order valence-electron chi connectivity index (χ0n) is 9.72. The first-order valence-corrected chi connectivity index (χ1v) is 5.75. The molecule has 0 radical (unpaired) electrons. The van der Waals surface area contributed by atoms with E-state index < -0.39 is 0 Å². The first-order chi connectivity index (χ1) is 7.78. The van der Waals surface area contributed by atoms with Gasteiger partial charge in [0, 0.05) is 31.4 Å². The van der Waals surface area contributed by atoms with E-state index in [0.717, 1.165) is 26.1 Å². The second kappa shape index (κ2) is 5.27. The van der Waals surface area contributed by atoms with Gasteiger partial charge in [0.2, 0.25) is 5.88 Å². The fourth-order valence-electron chi connectivity index (χ4n) is 2.12. The van der Waals surface area contributed by atoms with Crippen molar-refractivity contribution in [2.75, 3.05) is 20.2 Å². The number of hydrogen-bond acceptors (Lipinski definition) is 4. The largest absolute Gasteiger partial charge is 0.481 e. The monoisotopic (exact) mass is 221 g/mol. The first kappa shape index (κ1) is 11.4. The molecule has 2 N–H and O–H groups in total. The number of nitrogens with zero attached hydrogens (tertiary/aromatic N) is 2. The van der Waals surface area contributed by atoms with E-state index in [9.17, 15) is 0 Å². The van der Waals surface area contributed by atoms with Gasteiger partial charge in [-0.15, -0.1) is 0 Å². The Balaban J connectivity index is 1.92. The molecule has 2 rings (SSSR count). The van der Waals surface area contributed by atoms with Crippen LogP contribution in [0.25, 0.3) is 0 Å². The Kier molecular flexibility index (Phi) is 3.74. The molecule has 2 heterocycles. The Bertz CT molecular complexity index is 326. The van der Waals surface area contributed by atoms with E-state index in [1.165, 1.54) is 12.0 Å². The lowest BCUT2D eigenvalue weighted by Gasteiger charge is -2.30. The number of piperidine rings is 1. The molecule has 88 valence electrons. The smallest absolute Gasteiger partial charge is 0.212 e. The van der Waals surface area contributed by atoms with Crippen LogP contribution in [0.1, 0.15) is 18.4 Å². The van der Waals surface area contributed by atoms with E-state index in [0.29, 0.717) is 11.9 Å². The van der Waals surface area contributed by atoms with Gasteiger partial charge < -0.3 is 10.5 Å². The van der Waals surface area contributed by atoms with Crippen LogP contribution in [0.3, 0.4) is 0 Å². The summed E-state index contributed by atoms with van der Waals surface area (Å²) in [5, 5.41) is 0. The van der Waals surface area contributed by atoms with Gasteiger partial charge in [-0.3, -0.25) is 4.90 Å². The van der Waals surface area contributed by atoms with Gasteiger partial charge in [0.25, 0.3) is 0 Å². The molecule has 1 fully saturated rings. The Morgan fingerprint density at radius 3 is 3.06 bits per heavy atom. The van der Waals surface area contributed by atoms with Crippen molar-refractivity contribution >= 4 is 0 Å². The lowest BCUT2D eigenvalue weighted by atomic mass is 10.1. The van der Waals surface area contributed by atoms with Gasteiger partial charge in [0.05, 0.1) is 7.11 Å². The minimum absolute atomic E-state index is 0.333. The van der Waals surface area contributed by atoms with Crippen LogP contribution >= 0.6 is 0 Å². The Morgan fingerprint density at radius 1 is 1.56 bits per heavy atom. The molecule has 1 aromatic rings. The van der Waals surface area contributed by atoms with Crippen molar-refractivity contribution in [2.45, 2.75) is 25.4 Å². The number of likely N-dealkylation sites (tertiary alicyclic amines) is 1. The molecule has 1 unspecified atom stereocenters. The maximum Gasteiger partial charge on any atom is 0.212 e. The molecule has 4 heteroatoms. The Morgan fingerprint density at radius 2 is 2.44 bits per heavy atom. The highest BCUT2D eigenvalue weighted by atomic mass is 16.5. The zero-order valence-corrected chi connectivity index (χ0v) is 9.72. The predicted molar refractivity (Wildman–Crippen MR) is 63.3 cm³/mol. The molecule has 1 atom stereocenters. The van der Waals surface area contributed by atoms with Gasteiger partial charge in [-0.05, 0) is 24.9 Å². The van der Waals surface area contributed by atoms with Crippen LogP contribution in [0, 0.1) is 0 Å². The standard InChI is InChI=1S/C12H19N3O/c1-16-12-5-4-10(7-14-12)8-15-6-2-3-11(13)9-15/h4-5,7,11H,2-3,6,8-9,13H2,1H3. The quantitative estimate of drug-likeness (QED) is 0.827.